The molecular formula is C10H13NO2. The average molecular weight is 179 g/mol. The molecule has 3 nitrogen and oxygen atoms in total. The van der Waals surface area contributed by atoms with Crippen LogP contribution >= 0.6 is 0 Å². The summed E-state index contributed by atoms with van der Waals surface area (Å²) in [4.78, 5) is 11.0. The van der Waals surface area contributed by atoms with Crippen LogP contribution in [0, 0.1) is 5.41 Å². The van der Waals surface area contributed by atoms with E-state index in [4.69, 9.17) is 4.42 Å². The summed E-state index contributed by atoms with van der Waals surface area (Å²) in [6.45, 7) is 2.86. The Bertz CT molecular complexity index is 305. The van der Waals surface area contributed by atoms with Gasteiger partial charge in [-0.25, -0.2) is 0 Å². The lowest BCUT2D eigenvalue weighted by atomic mass is 9.85. The van der Waals surface area contributed by atoms with E-state index in [1.807, 2.05) is 12.1 Å². The third kappa shape index (κ3) is 1.74. The molecule has 1 unspecified atom stereocenters. The molecule has 1 aliphatic heterocycles. The van der Waals surface area contributed by atoms with Gasteiger partial charge in [-0.3, -0.25) is 4.79 Å². The van der Waals surface area contributed by atoms with Crippen LogP contribution in [0.25, 0.3) is 0 Å². The van der Waals surface area contributed by atoms with Gasteiger partial charge in [0.05, 0.1) is 6.26 Å². The second kappa shape index (κ2) is 2.91. The van der Waals surface area contributed by atoms with Crippen LogP contribution in [-0.4, -0.2) is 12.5 Å². The van der Waals surface area contributed by atoms with Crippen LogP contribution in [0.2, 0.25) is 0 Å². The summed E-state index contributed by atoms with van der Waals surface area (Å²) >= 11 is 0. The number of rotatable bonds is 2. The quantitative estimate of drug-likeness (QED) is 0.744. The summed E-state index contributed by atoms with van der Waals surface area (Å²) in [7, 11) is 0. The highest BCUT2D eigenvalue weighted by Gasteiger charge is 2.34. The standard InChI is InChI=1S/C10H13NO2/c1-10(6-9(12)11-7-10)5-8-3-2-4-13-8/h2-4H,5-7H2,1H3,(H,11,12). The number of hydrogen-bond donors (Lipinski definition) is 1. The van der Waals surface area contributed by atoms with Crippen LogP contribution in [0.1, 0.15) is 19.1 Å². The Labute approximate surface area is 77.1 Å². The lowest BCUT2D eigenvalue weighted by Gasteiger charge is -2.19. The van der Waals surface area contributed by atoms with E-state index in [-0.39, 0.29) is 11.3 Å². The molecule has 2 rings (SSSR count). The van der Waals surface area contributed by atoms with Crippen molar-refractivity contribution in [3.05, 3.63) is 24.2 Å². The lowest BCUT2D eigenvalue weighted by Crippen LogP contribution is -2.22. The van der Waals surface area contributed by atoms with Crippen LogP contribution in [0.15, 0.2) is 22.8 Å². The Kier molecular flexibility index (Phi) is 1.87. The first-order valence-electron chi connectivity index (χ1n) is 4.47. The van der Waals surface area contributed by atoms with Crippen molar-refractivity contribution in [1.82, 2.24) is 5.32 Å². The highest BCUT2D eigenvalue weighted by atomic mass is 16.3. The smallest absolute Gasteiger partial charge is 0.220 e. The van der Waals surface area contributed by atoms with Gasteiger partial charge >= 0.3 is 0 Å². The minimum absolute atomic E-state index is 0.0366. The van der Waals surface area contributed by atoms with Crippen LogP contribution in [-0.2, 0) is 11.2 Å². The van der Waals surface area contributed by atoms with Crippen molar-refractivity contribution in [2.75, 3.05) is 6.54 Å². The molecule has 1 atom stereocenters. The van der Waals surface area contributed by atoms with E-state index in [1.54, 1.807) is 6.26 Å². The molecule has 3 heteroatoms. The van der Waals surface area contributed by atoms with Crippen molar-refractivity contribution in [2.24, 2.45) is 5.41 Å². The minimum Gasteiger partial charge on any atom is -0.469 e. The third-order valence-corrected chi connectivity index (χ3v) is 2.48. The molecule has 0 aliphatic carbocycles. The molecule has 0 bridgehead atoms. The van der Waals surface area contributed by atoms with Crippen LogP contribution in [0.5, 0.6) is 0 Å². The molecule has 70 valence electrons. The second-order valence-electron chi connectivity index (χ2n) is 4.02. The fourth-order valence-electron chi connectivity index (χ4n) is 1.78. The molecule has 13 heavy (non-hydrogen) atoms. The van der Waals surface area contributed by atoms with Crippen molar-refractivity contribution in [3.8, 4) is 0 Å². The molecule has 0 aromatic carbocycles. The number of nitrogens with one attached hydrogen (secondary N) is 1. The molecule has 0 saturated carbocycles. The molecule has 1 fully saturated rings. The normalized spacial score (nSPS) is 27.6. The topological polar surface area (TPSA) is 42.2 Å². The van der Waals surface area contributed by atoms with Crippen molar-refractivity contribution >= 4 is 5.91 Å². The highest BCUT2D eigenvalue weighted by Crippen LogP contribution is 2.29. The zero-order valence-corrected chi connectivity index (χ0v) is 7.67. The maximum atomic E-state index is 11.0. The Hall–Kier alpha value is -1.25. The van der Waals surface area contributed by atoms with Gasteiger partial charge in [-0.2, -0.15) is 0 Å². The second-order valence-corrected chi connectivity index (χ2v) is 4.02. The molecule has 0 spiro atoms. The zero-order chi connectivity index (χ0) is 9.31. The van der Waals surface area contributed by atoms with E-state index in [0.717, 1.165) is 18.7 Å². The maximum absolute atomic E-state index is 11.0. The fraction of sp³-hybridized carbons (Fsp3) is 0.500. The van der Waals surface area contributed by atoms with E-state index in [9.17, 15) is 4.79 Å². The fourth-order valence-corrected chi connectivity index (χ4v) is 1.78. The van der Waals surface area contributed by atoms with Gasteiger partial charge in [-0.05, 0) is 12.1 Å². The van der Waals surface area contributed by atoms with Gasteiger partial charge in [0, 0.05) is 24.8 Å². The molecule has 1 aromatic rings. The molecule has 1 amide bonds. The molecule has 1 aliphatic rings. The van der Waals surface area contributed by atoms with E-state index in [1.165, 1.54) is 0 Å². The molecule has 0 radical (unpaired) electrons. The number of hydrogen-bond acceptors (Lipinski definition) is 2. The zero-order valence-electron chi connectivity index (χ0n) is 7.67. The van der Waals surface area contributed by atoms with Gasteiger partial charge < -0.3 is 9.73 Å². The van der Waals surface area contributed by atoms with Crippen molar-refractivity contribution < 1.29 is 9.21 Å². The van der Waals surface area contributed by atoms with Gasteiger partial charge in [0.1, 0.15) is 5.76 Å². The van der Waals surface area contributed by atoms with Crippen LogP contribution < -0.4 is 5.32 Å². The molecule has 1 aromatic heterocycles. The van der Waals surface area contributed by atoms with Gasteiger partial charge in [-0.15, -0.1) is 0 Å². The predicted molar refractivity (Wildman–Crippen MR) is 48.1 cm³/mol. The first kappa shape index (κ1) is 8.35. The van der Waals surface area contributed by atoms with Gasteiger partial charge in [-0.1, -0.05) is 6.92 Å². The first-order valence-corrected chi connectivity index (χ1v) is 4.47. The Morgan fingerprint density at radius 3 is 3.08 bits per heavy atom. The minimum atomic E-state index is 0.0366. The van der Waals surface area contributed by atoms with Crippen molar-refractivity contribution in [1.29, 1.82) is 0 Å². The van der Waals surface area contributed by atoms with E-state index in [0.29, 0.717) is 6.42 Å². The molecule has 1 N–H and O–H groups in total. The largest absolute Gasteiger partial charge is 0.469 e. The summed E-state index contributed by atoms with van der Waals surface area (Å²) in [5.41, 5.74) is 0.0366. The molecule has 2 heterocycles. The van der Waals surface area contributed by atoms with Gasteiger partial charge in [0.15, 0.2) is 0 Å². The monoisotopic (exact) mass is 179 g/mol. The van der Waals surface area contributed by atoms with E-state index < -0.39 is 0 Å². The molecule has 1 saturated heterocycles. The number of carbonyl (C=O) groups is 1. The maximum Gasteiger partial charge on any atom is 0.220 e. The highest BCUT2D eigenvalue weighted by molar-refractivity contribution is 5.79. The van der Waals surface area contributed by atoms with E-state index >= 15 is 0 Å². The Morgan fingerprint density at radius 1 is 1.69 bits per heavy atom. The van der Waals surface area contributed by atoms with E-state index in [2.05, 4.69) is 12.2 Å². The number of furan rings is 1. The summed E-state index contributed by atoms with van der Waals surface area (Å²) in [5, 5.41) is 2.84. The third-order valence-electron chi connectivity index (χ3n) is 2.48. The van der Waals surface area contributed by atoms with Crippen molar-refractivity contribution in [2.45, 2.75) is 19.8 Å². The average Bonchev–Trinajstić information content (AvgIpc) is 2.62. The molecular weight excluding hydrogens is 166 g/mol. The predicted octanol–water partition coefficient (Wildman–Crippen LogP) is 1.35. The van der Waals surface area contributed by atoms with Crippen LogP contribution in [0.3, 0.4) is 0 Å². The number of carbonyl (C=O) groups excluding carboxylic acids is 1. The first-order chi connectivity index (χ1) is 6.18. The number of amides is 1. The Balaban J connectivity index is 2.05. The lowest BCUT2D eigenvalue weighted by molar-refractivity contribution is -0.119. The van der Waals surface area contributed by atoms with Gasteiger partial charge in [0.25, 0.3) is 0 Å². The SMILES string of the molecule is CC1(Cc2ccco2)CNC(=O)C1. The summed E-state index contributed by atoms with van der Waals surface area (Å²) in [6, 6.07) is 3.83. The van der Waals surface area contributed by atoms with Crippen molar-refractivity contribution in [3.63, 3.8) is 0 Å². The van der Waals surface area contributed by atoms with Crippen LogP contribution in [0.4, 0.5) is 0 Å². The summed E-state index contributed by atoms with van der Waals surface area (Å²) < 4.78 is 5.26. The van der Waals surface area contributed by atoms with Gasteiger partial charge in [0.2, 0.25) is 5.91 Å². The summed E-state index contributed by atoms with van der Waals surface area (Å²) in [6.07, 6.45) is 3.11. The summed E-state index contributed by atoms with van der Waals surface area (Å²) in [5.74, 6) is 1.10. The Morgan fingerprint density at radius 2 is 2.54 bits per heavy atom.